The number of hydrogen-bond donors (Lipinski definition) is 0. The van der Waals surface area contributed by atoms with E-state index in [9.17, 15) is 4.79 Å². The smallest absolute Gasteiger partial charge is 0.176 e. The maximum absolute atomic E-state index is 11.8. The molecule has 3 heteroatoms. The van der Waals surface area contributed by atoms with Gasteiger partial charge in [0.2, 0.25) is 0 Å². The number of hydrogen-bond acceptors (Lipinski definition) is 1. The molecule has 0 radical (unpaired) electrons. The standard InChI is InChI=1S/C14H14N2O/c1-9-8-13-15(3)11-6-4-5-7-12(11)16(13)14(9)10(2)17/h4-8H,1-3H3. The van der Waals surface area contributed by atoms with Crippen LogP contribution < -0.4 is 0 Å². The summed E-state index contributed by atoms with van der Waals surface area (Å²) in [5.41, 5.74) is 5.12. The second kappa shape index (κ2) is 3.23. The fourth-order valence-electron chi connectivity index (χ4n) is 2.60. The van der Waals surface area contributed by atoms with Crippen molar-refractivity contribution in [2.24, 2.45) is 7.05 Å². The Balaban J connectivity index is 2.62. The van der Waals surface area contributed by atoms with E-state index in [1.165, 1.54) is 0 Å². The molecule has 0 amide bonds. The molecule has 3 aromatic rings. The summed E-state index contributed by atoms with van der Waals surface area (Å²) in [7, 11) is 2.03. The highest BCUT2D eigenvalue weighted by Gasteiger charge is 2.16. The van der Waals surface area contributed by atoms with Crippen LogP contribution in [0.4, 0.5) is 0 Å². The molecule has 17 heavy (non-hydrogen) atoms. The zero-order valence-corrected chi connectivity index (χ0v) is 10.2. The average molecular weight is 226 g/mol. The first kappa shape index (κ1) is 10.1. The molecule has 0 aliphatic rings. The SMILES string of the molecule is CC(=O)c1c(C)cc2n(C)c3ccccc3n12. The summed E-state index contributed by atoms with van der Waals surface area (Å²) in [6.45, 7) is 3.61. The van der Waals surface area contributed by atoms with Crippen molar-refractivity contribution in [1.82, 2.24) is 8.97 Å². The van der Waals surface area contributed by atoms with E-state index >= 15 is 0 Å². The number of ketones is 1. The van der Waals surface area contributed by atoms with E-state index in [0.29, 0.717) is 0 Å². The first-order chi connectivity index (χ1) is 8.11. The van der Waals surface area contributed by atoms with Crippen molar-refractivity contribution in [3.8, 4) is 0 Å². The van der Waals surface area contributed by atoms with Gasteiger partial charge < -0.3 is 4.57 Å². The minimum Gasteiger partial charge on any atom is -0.329 e. The number of benzene rings is 1. The Morgan fingerprint density at radius 1 is 1.18 bits per heavy atom. The topological polar surface area (TPSA) is 26.4 Å². The molecule has 0 aliphatic heterocycles. The van der Waals surface area contributed by atoms with Gasteiger partial charge in [0.05, 0.1) is 16.7 Å². The molecular formula is C14H14N2O. The van der Waals surface area contributed by atoms with Crippen molar-refractivity contribution in [3.63, 3.8) is 0 Å². The normalized spacial score (nSPS) is 11.5. The number of rotatable bonds is 1. The Morgan fingerprint density at radius 2 is 1.82 bits per heavy atom. The molecule has 0 saturated heterocycles. The lowest BCUT2D eigenvalue weighted by atomic mass is 10.2. The Hall–Kier alpha value is -2.03. The molecular weight excluding hydrogens is 212 g/mol. The van der Waals surface area contributed by atoms with Crippen LogP contribution in [0.3, 0.4) is 0 Å². The van der Waals surface area contributed by atoms with Crippen molar-refractivity contribution in [1.29, 1.82) is 0 Å². The van der Waals surface area contributed by atoms with E-state index in [-0.39, 0.29) is 5.78 Å². The van der Waals surface area contributed by atoms with E-state index in [0.717, 1.165) is 27.9 Å². The van der Waals surface area contributed by atoms with Gasteiger partial charge in [0, 0.05) is 14.0 Å². The molecule has 2 heterocycles. The number of nitrogens with zero attached hydrogens (tertiary/aromatic N) is 2. The van der Waals surface area contributed by atoms with Gasteiger partial charge in [-0.2, -0.15) is 0 Å². The third-order valence-electron chi connectivity index (χ3n) is 3.33. The van der Waals surface area contributed by atoms with Crippen LogP contribution in [-0.2, 0) is 7.05 Å². The van der Waals surface area contributed by atoms with Gasteiger partial charge in [-0.1, -0.05) is 12.1 Å². The molecule has 1 aromatic carbocycles. The van der Waals surface area contributed by atoms with E-state index in [1.807, 2.05) is 36.6 Å². The van der Waals surface area contributed by atoms with Crippen molar-refractivity contribution < 1.29 is 4.79 Å². The molecule has 86 valence electrons. The quantitative estimate of drug-likeness (QED) is 0.586. The summed E-state index contributed by atoms with van der Waals surface area (Å²) in [4.78, 5) is 11.8. The Bertz CT molecular complexity index is 746. The van der Waals surface area contributed by atoms with Crippen molar-refractivity contribution in [2.75, 3.05) is 0 Å². The van der Waals surface area contributed by atoms with Gasteiger partial charge in [0.25, 0.3) is 0 Å². The number of carbonyl (C=O) groups excluding carboxylic acids is 1. The second-order valence-corrected chi connectivity index (χ2v) is 4.47. The van der Waals surface area contributed by atoms with Gasteiger partial charge in [0.1, 0.15) is 5.65 Å². The molecule has 0 unspecified atom stereocenters. The third kappa shape index (κ3) is 1.19. The number of imidazole rings is 1. The Kier molecular flexibility index (Phi) is 1.93. The van der Waals surface area contributed by atoms with Crippen molar-refractivity contribution >= 4 is 22.5 Å². The zero-order valence-electron chi connectivity index (χ0n) is 10.2. The maximum Gasteiger partial charge on any atom is 0.176 e. The number of Topliss-reactive ketones (excluding diaryl/α,β-unsaturated/α-hetero) is 1. The van der Waals surface area contributed by atoms with Gasteiger partial charge in [-0.3, -0.25) is 9.20 Å². The molecule has 3 nitrogen and oxygen atoms in total. The highest BCUT2D eigenvalue weighted by atomic mass is 16.1. The van der Waals surface area contributed by atoms with Crippen molar-refractivity contribution in [2.45, 2.75) is 13.8 Å². The van der Waals surface area contributed by atoms with E-state index in [2.05, 4.69) is 16.7 Å². The molecule has 0 saturated carbocycles. The lowest BCUT2D eigenvalue weighted by molar-refractivity contribution is 0.101. The van der Waals surface area contributed by atoms with Crippen LogP contribution in [0, 0.1) is 6.92 Å². The molecule has 2 aromatic heterocycles. The largest absolute Gasteiger partial charge is 0.329 e. The highest BCUT2D eigenvalue weighted by molar-refractivity contribution is 5.98. The van der Waals surface area contributed by atoms with Crippen LogP contribution in [0.2, 0.25) is 0 Å². The number of aromatic nitrogens is 2. The maximum atomic E-state index is 11.8. The lowest BCUT2D eigenvalue weighted by Gasteiger charge is -1.98. The summed E-state index contributed by atoms with van der Waals surface area (Å²) < 4.78 is 4.17. The Morgan fingerprint density at radius 3 is 2.47 bits per heavy atom. The minimum atomic E-state index is 0.110. The Labute approximate surface area is 99.3 Å². The van der Waals surface area contributed by atoms with Crippen LogP contribution in [0.25, 0.3) is 16.7 Å². The second-order valence-electron chi connectivity index (χ2n) is 4.47. The van der Waals surface area contributed by atoms with Crippen LogP contribution in [0.5, 0.6) is 0 Å². The monoisotopic (exact) mass is 226 g/mol. The number of carbonyl (C=O) groups is 1. The fraction of sp³-hybridized carbons (Fsp3) is 0.214. The number of fused-ring (bicyclic) bond motifs is 3. The van der Waals surface area contributed by atoms with Crippen LogP contribution in [-0.4, -0.2) is 14.8 Å². The van der Waals surface area contributed by atoms with Gasteiger partial charge in [0.15, 0.2) is 5.78 Å². The molecule has 0 aliphatic carbocycles. The zero-order chi connectivity index (χ0) is 12.2. The summed E-state index contributed by atoms with van der Waals surface area (Å²) in [5.74, 6) is 0.110. The van der Waals surface area contributed by atoms with Crippen LogP contribution >= 0.6 is 0 Å². The van der Waals surface area contributed by atoms with E-state index < -0.39 is 0 Å². The first-order valence-electron chi connectivity index (χ1n) is 5.67. The molecule has 0 N–H and O–H groups in total. The molecule has 0 bridgehead atoms. The van der Waals surface area contributed by atoms with Gasteiger partial charge >= 0.3 is 0 Å². The predicted molar refractivity (Wildman–Crippen MR) is 68.6 cm³/mol. The minimum absolute atomic E-state index is 0.110. The average Bonchev–Trinajstić information content (AvgIpc) is 2.76. The highest BCUT2D eigenvalue weighted by Crippen LogP contribution is 2.25. The number of aryl methyl sites for hydroxylation is 2. The van der Waals surface area contributed by atoms with Crippen LogP contribution in [0.1, 0.15) is 23.0 Å². The third-order valence-corrected chi connectivity index (χ3v) is 3.33. The molecule has 0 spiro atoms. The molecule has 0 atom stereocenters. The number of para-hydroxylation sites is 2. The first-order valence-corrected chi connectivity index (χ1v) is 5.67. The summed E-state index contributed by atoms with van der Waals surface area (Å²) >= 11 is 0. The fourth-order valence-corrected chi connectivity index (χ4v) is 2.60. The predicted octanol–water partition coefficient (Wildman–Crippen LogP) is 2.94. The summed E-state index contributed by atoms with van der Waals surface area (Å²) in [6, 6.07) is 10.2. The summed E-state index contributed by atoms with van der Waals surface area (Å²) in [5, 5.41) is 0. The van der Waals surface area contributed by atoms with Crippen LogP contribution in [0.15, 0.2) is 30.3 Å². The summed E-state index contributed by atoms with van der Waals surface area (Å²) in [6.07, 6.45) is 0. The van der Waals surface area contributed by atoms with E-state index in [1.54, 1.807) is 6.92 Å². The molecule has 0 fully saturated rings. The van der Waals surface area contributed by atoms with E-state index in [4.69, 9.17) is 0 Å². The molecule has 3 rings (SSSR count). The van der Waals surface area contributed by atoms with Crippen molar-refractivity contribution in [3.05, 3.63) is 41.6 Å². The van der Waals surface area contributed by atoms with Gasteiger partial charge in [-0.25, -0.2) is 0 Å². The van der Waals surface area contributed by atoms with Gasteiger partial charge in [-0.05, 0) is 30.7 Å². The lowest BCUT2D eigenvalue weighted by Crippen LogP contribution is -1.99. The van der Waals surface area contributed by atoms with Gasteiger partial charge in [-0.15, -0.1) is 0 Å².